The molecule has 18 heavy (non-hydrogen) atoms. The van der Waals surface area contributed by atoms with E-state index in [0.29, 0.717) is 12.5 Å². The number of hydrogen-bond acceptors (Lipinski definition) is 2. The van der Waals surface area contributed by atoms with Crippen molar-refractivity contribution < 1.29 is 9.84 Å². The van der Waals surface area contributed by atoms with Crippen molar-refractivity contribution in [2.75, 3.05) is 13.7 Å². The molecule has 100 valence electrons. The van der Waals surface area contributed by atoms with Gasteiger partial charge in [-0.05, 0) is 42.4 Å². The molecule has 0 radical (unpaired) electrons. The summed E-state index contributed by atoms with van der Waals surface area (Å²) in [5, 5.41) is 9.54. The smallest absolute Gasteiger partial charge is 0.119 e. The summed E-state index contributed by atoms with van der Waals surface area (Å²) in [6, 6.07) is 8.20. The first-order chi connectivity index (χ1) is 8.81. The predicted molar refractivity (Wildman–Crippen MR) is 73.8 cm³/mol. The van der Waals surface area contributed by atoms with E-state index < -0.39 is 0 Å². The van der Waals surface area contributed by atoms with Gasteiger partial charge in [0.05, 0.1) is 7.11 Å². The molecule has 1 fully saturated rings. The summed E-state index contributed by atoms with van der Waals surface area (Å²) in [6.07, 6.45) is 7.60. The van der Waals surface area contributed by atoms with Gasteiger partial charge in [-0.25, -0.2) is 0 Å². The minimum atomic E-state index is 0.299. The largest absolute Gasteiger partial charge is 0.497 e. The predicted octanol–water partition coefficient (Wildman–Crippen LogP) is 3.43. The van der Waals surface area contributed by atoms with E-state index in [0.717, 1.165) is 18.1 Å². The van der Waals surface area contributed by atoms with Crippen molar-refractivity contribution in [3.63, 3.8) is 0 Å². The van der Waals surface area contributed by atoms with Gasteiger partial charge in [0.25, 0.3) is 0 Å². The number of methoxy groups -OCH3 is 1. The van der Waals surface area contributed by atoms with E-state index in [1.54, 1.807) is 7.11 Å². The van der Waals surface area contributed by atoms with E-state index in [9.17, 15) is 5.11 Å². The van der Waals surface area contributed by atoms with E-state index >= 15 is 0 Å². The standard InChI is InChI=1S/C16H24O2/c1-18-16-8-4-7-14(11-16)10-15(12-17)9-13-5-2-3-6-13/h4,7-8,11,13,15,17H,2-3,5-6,9-10,12H2,1H3. The quantitative estimate of drug-likeness (QED) is 0.835. The van der Waals surface area contributed by atoms with Crippen LogP contribution in [0.1, 0.15) is 37.7 Å². The maximum absolute atomic E-state index is 9.54. The maximum Gasteiger partial charge on any atom is 0.119 e. The van der Waals surface area contributed by atoms with E-state index in [2.05, 4.69) is 12.1 Å². The first kappa shape index (κ1) is 13.4. The SMILES string of the molecule is COc1cccc(CC(CO)CC2CCCC2)c1. The van der Waals surface area contributed by atoms with Gasteiger partial charge in [-0.2, -0.15) is 0 Å². The Kier molecular flexibility index (Phi) is 5.06. The van der Waals surface area contributed by atoms with Gasteiger partial charge in [0, 0.05) is 6.61 Å². The summed E-state index contributed by atoms with van der Waals surface area (Å²) >= 11 is 0. The Morgan fingerprint density at radius 2 is 2.11 bits per heavy atom. The zero-order valence-corrected chi connectivity index (χ0v) is 11.3. The van der Waals surface area contributed by atoms with Crippen LogP contribution in [0.15, 0.2) is 24.3 Å². The molecule has 1 aliphatic carbocycles. The molecule has 1 unspecified atom stereocenters. The molecule has 1 aromatic rings. The Bertz CT molecular complexity index is 356. The minimum absolute atomic E-state index is 0.299. The van der Waals surface area contributed by atoms with Gasteiger partial charge in [-0.15, -0.1) is 0 Å². The van der Waals surface area contributed by atoms with Crippen LogP contribution < -0.4 is 4.74 Å². The van der Waals surface area contributed by atoms with Crippen LogP contribution >= 0.6 is 0 Å². The van der Waals surface area contributed by atoms with Gasteiger partial charge >= 0.3 is 0 Å². The van der Waals surface area contributed by atoms with Crippen LogP contribution in [0.4, 0.5) is 0 Å². The Hall–Kier alpha value is -1.02. The Morgan fingerprint density at radius 1 is 1.33 bits per heavy atom. The van der Waals surface area contributed by atoms with E-state index in [1.807, 2.05) is 12.1 Å². The highest BCUT2D eigenvalue weighted by molar-refractivity contribution is 5.28. The lowest BCUT2D eigenvalue weighted by atomic mass is 9.89. The van der Waals surface area contributed by atoms with Crippen LogP contribution in [0.25, 0.3) is 0 Å². The summed E-state index contributed by atoms with van der Waals surface area (Å²) in [6.45, 7) is 0.299. The molecule has 0 spiro atoms. The zero-order valence-electron chi connectivity index (χ0n) is 11.3. The Morgan fingerprint density at radius 3 is 2.78 bits per heavy atom. The molecule has 2 nitrogen and oxygen atoms in total. The molecule has 2 rings (SSSR count). The highest BCUT2D eigenvalue weighted by Crippen LogP contribution is 2.31. The number of hydrogen-bond donors (Lipinski definition) is 1. The van der Waals surface area contributed by atoms with Gasteiger partial charge in [0.1, 0.15) is 5.75 Å². The van der Waals surface area contributed by atoms with Crippen LogP contribution in [0.5, 0.6) is 5.75 Å². The Balaban J connectivity index is 1.91. The topological polar surface area (TPSA) is 29.5 Å². The lowest BCUT2D eigenvalue weighted by Gasteiger charge is -2.18. The lowest BCUT2D eigenvalue weighted by Crippen LogP contribution is -2.13. The highest BCUT2D eigenvalue weighted by Gasteiger charge is 2.20. The van der Waals surface area contributed by atoms with E-state index in [-0.39, 0.29) is 0 Å². The maximum atomic E-state index is 9.54. The van der Waals surface area contributed by atoms with Crippen LogP contribution in [0, 0.1) is 11.8 Å². The first-order valence-corrected chi connectivity index (χ1v) is 7.05. The molecule has 0 saturated heterocycles. The van der Waals surface area contributed by atoms with E-state index in [1.165, 1.54) is 37.7 Å². The number of aliphatic hydroxyl groups excluding tert-OH is 1. The van der Waals surface area contributed by atoms with Gasteiger partial charge in [-0.1, -0.05) is 37.8 Å². The zero-order chi connectivity index (χ0) is 12.8. The van der Waals surface area contributed by atoms with Gasteiger partial charge in [0.2, 0.25) is 0 Å². The van der Waals surface area contributed by atoms with Crippen molar-refractivity contribution in [1.82, 2.24) is 0 Å². The van der Waals surface area contributed by atoms with Crippen molar-refractivity contribution in [1.29, 1.82) is 0 Å². The molecule has 2 heteroatoms. The number of ether oxygens (including phenoxy) is 1. The second-order valence-electron chi connectivity index (χ2n) is 5.49. The number of benzene rings is 1. The molecule has 1 atom stereocenters. The third-order valence-electron chi connectivity index (χ3n) is 4.06. The molecular weight excluding hydrogens is 224 g/mol. The second kappa shape index (κ2) is 6.79. The molecule has 1 aliphatic rings. The summed E-state index contributed by atoms with van der Waals surface area (Å²) in [7, 11) is 1.70. The second-order valence-corrected chi connectivity index (χ2v) is 5.49. The fraction of sp³-hybridized carbons (Fsp3) is 0.625. The fourth-order valence-corrected chi connectivity index (χ4v) is 3.07. The van der Waals surface area contributed by atoms with Crippen molar-refractivity contribution >= 4 is 0 Å². The molecule has 0 aromatic heterocycles. The van der Waals surface area contributed by atoms with Crippen molar-refractivity contribution in [3.05, 3.63) is 29.8 Å². The fourth-order valence-electron chi connectivity index (χ4n) is 3.07. The molecule has 0 aliphatic heterocycles. The van der Waals surface area contributed by atoms with Crippen molar-refractivity contribution in [3.8, 4) is 5.75 Å². The molecule has 1 aromatic carbocycles. The molecule has 0 heterocycles. The summed E-state index contributed by atoms with van der Waals surface area (Å²) < 4.78 is 5.24. The van der Waals surface area contributed by atoms with Crippen LogP contribution in [-0.2, 0) is 6.42 Å². The lowest BCUT2D eigenvalue weighted by molar-refractivity contribution is 0.200. The van der Waals surface area contributed by atoms with Crippen LogP contribution in [0.2, 0.25) is 0 Å². The summed E-state index contributed by atoms with van der Waals surface area (Å²) in [5.41, 5.74) is 1.27. The third kappa shape index (κ3) is 3.74. The van der Waals surface area contributed by atoms with Crippen LogP contribution in [0.3, 0.4) is 0 Å². The molecule has 0 bridgehead atoms. The van der Waals surface area contributed by atoms with E-state index in [4.69, 9.17) is 4.74 Å². The highest BCUT2D eigenvalue weighted by atomic mass is 16.5. The Labute approximate surface area is 110 Å². The monoisotopic (exact) mass is 248 g/mol. The summed E-state index contributed by atoms with van der Waals surface area (Å²) in [4.78, 5) is 0. The van der Waals surface area contributed by atoms with Gasteiger partial charge in [0.15, 0.2) is 0 Å². The molecule has 1 N–H and O–H groups in total. The average molecular weight is 248 g/mol. The third-order valence-corrected chi connectivity index (χ3v) is 4.06. The van der Waals surface area contributed by atoms with Crippen LogP contribution in [-0.4, -0.2) is 18.8 Å². The van der Waals surface area contributed by atoms with Gasteiger partial charge in [-0.3, -0.25) is 0 Å². The normalized spacial score (nSPS) is 17.9. The first-order valence-electron chi connectivity index (χ1n) is 7.05. The average Bonchev–Trinajstić information content (AvgIpc) is 2.91. The number of aliphatic hydroxyl groups is 1. The summed E-state index contributed by atoms with van der Waals surface area (Å²) in [5.74, 6) is 2.15. The van der Waals surface area contributed by atoms with Crippen molar-refractivity contribution in [2.45, 2.75) is 38.5 Å². The van der Waals surface area contributed by atoms with Gasteiger partial charge < -0.3 is 9.84 Å². The van der Waals surface area contributed by atoms with Crippen molar-refractivity contribution in [2.24, 2.45) is 11.8 Å². The minimum Gasteiger partial charge on any atom is -0.497 e. The molecule has 0 amide bonds. The molecule has 1 saturated carbocycles. The number of rotatable bonds is 6. The molecular formula is C16H24O2.